The number of hydrogen-bond acceptors (Lipinski definition) is 3. The van der Waals surface area contributed by atoms with Gasteiger partial charge in [0.2, 0.25) is 5.91 Å². The Morgan fingerprint density at radius 2 is 1.80 bits per heavy atom. The van der Waals surface area contributed by atoms with Crippen molar-refractivity contribution in [2.24, 2.45) is 0 Å². The van der Waals surface area contributed by atoms with E-state index in [9.17, 15) is 13.8 Å². The molecule has 5 nitrogen and oxygen atoms in total. The molecule has 0 heterocycles. The van der Waals surface area contributed by atoms with Crippen molar-refractivity contribution in [1.29, 1.82) is 0 Å². The first-order chi connectivity index (χ1) is 6.77. The van der Waals surface area contributed by atoms with Crippen molar-refractivity contribution < 1.29 is 18.9 Å². The predicted octanol–water partition coefficient (Wildman–Crippen LogP) is 0.0750. The van der Waals surface area contributed by atoms with Gasteiger partial charge in [0.15, 0.2) is 0 Å². The molecule has 0 saturated carbocycles. The summed E-state index contributed by atoms with van der Waals surface area (Å²) >= 11 is 0. The van der Waals surface area contributed by atoms with Crippen LogP contribution in [0, 0.1) is 0 Å². The number of carboxylic acids is 1. The van der Waals surface area contributed by atoms with Crippen molar-refractivity contribution in [2.75, 3.05) is 12.8 Å². The minimum Gasteiger partial charge on any atom is -0.480 e. The van der Waals surface area contributed by atoms with Crippen molar-refractivity contribution in [3.8, 4) is 0 Å². The Morgan fingerprint density at radius 1 is 1.33 bits per heavy atom. The van der Waals surface area contributed by atoms with E-state index < -0.39 is 22.0 Å². The van der Waals surface area contributed by atoms with Crippen LogP contribution in [0.1, 0.15) is 20.8 Å². The first-order valence-corrected chi connectivity index (χ1v) is 6.01. The minimum atomic E-state index is -1.65. The molecule has 1 N–H and O–H groups in total. The summed E-state index contributed by atoms with van der Waals surface area (Å²) in [7, 11) is -0.0461. The van der Waals surface area contributed by atoms with Gasteiger partial charge in [-0.05, 0) is 20.8 Å². The molecule has 0 rings (SSSR count). The average molecular weight is 235 g/mol. The van der Waals surface area contributed by atoms with Gasteiger partial charge in [-0.1, -0.05) is 0 Å². The van der Waals surface area contributed by atoms with Gasteiger partial charge in [-0.15, -0.1) is 0 Å². The summed E-state index contributed by atoms with van der Waals surface area (Å²) in [5.74, 6) is -1.67. The van der Waals surface area contributed by atoms with Gasteiger partial charge in [-0.25, -0.2) is 0 Å². The molecule has 0 aromatic heterocycles. The smallest absolute Gasteiger partial charge is 0.318 e. The van der Waals surface area contributed by atoms with Gasteiger partial charge in [0.05, 0.1) is 0 Å². The van der Waals surface area contributed by atoms with Crippen LogP contribution in [-0.4, -0.2) is 50.2 Å². The van der Waals surface area contributed by atoms with E-state index in [4.69, 9.17) is 5.11 Å². The molecule has 0 saturated heterocycles. The molecule has 0 aliphatic carbocycles. The average Bonchev–Trinajstić information content (AvgIpc) is 2.14. The van der Waals surface area contributed by atoms with Crippen LogP contribution < -0.4 is 0 Å². The van der Waals surface area contributed by atoms with E-state index in [1.165, 1.54) is 11.8 Å². The van der Waals surface area contributed by atoms with Crippen molar-refractivity contribution in [1.82, 2.24) is 4.90 Å². The Bertz CT molecular complexity index is 277. The molecule has 2 atom stereocenters. The summed E-state index contributed by atoms with van der Waals surface area (Å²) in [6.07, 6.45) is 0. The second-order valence-corrected chi connectivity index (χ2v) is 5.36. The quantitative estimate of drug-likeness (QED) is 0.732. The number of hydrogen-bond donors (Lipinski definition) is 1. The first-order valence-electron chi connectivity index (χ1n) is 4.63. The van der Waals surface area contributed by atoms with E-state index in [1.54, 1.807) is 7.05 Å². The normalized spacial score (nSPS) is 14.7. The van der Waals surface area contributed by atoms with Gasteiger partial charge in [0, 0.05) is 23.9 Å². The van der Waals surface area contributed by atoms with E-state index in [-0.39, 0.29) is 17.7 Å². The topological polar surface area (TPSA) is 74.7 Å². The monoisotopic (exact) mass is 235 g/mol. The highest BCUT2D eigenvalue weighted by Crippen LogP contribution is 2.01. The predicted molar refractivity (Wildman–Crippen MR) is 58.0 cm³/mol. The highest BCUT2D eigenvalue weighted by molar-refractivity contribution is 7.87. The number of carbonyl (C=O) groups excluding carboxylic acids is 1. The highest BCUT2D eigenvalue weighted by atomic mass is 32.2. The summed E-state index contributed by atoms with van der Waals surface area (Å²) in [5, 5.41) is 7.59. The third-order valence-corrected chi connectivity index (χ3v) is 3.70. The second kappa shape index (κ2) is 5.85. The lowest BCUT2D eigenvalue weighted by atomic mass is 10.3. The zero-order chi connectivity index (χ0) is 12.2. The summed E-state index contributed by atoms with van der Waals surface area (Å²) in [6.45, 7) is 5.00. The number of amides is 1. The van der Waals surface area contributed by atoms with Crippen molar-refractivity contribution >= 4 is 22.7 Å². The summed E-state index contributed by atoms with van der Waals surface area (Å²) < 4.78 is 11.4. The minimum absolute atomic E-state index is 0.0228. The zero-order valence-corrected chi connectivity index (χ0v) is 10.2. The van der Waals surface area contributed by atoms with E-state index in [0.717, 1.165) is 0 Å². The molecular formula is C9H17NO4S. The van der Waals surface area contributed by atoms with Crippen LogP contribution in [0.5, 0.6) is 0 Å². The van der Waals surface area contributed by atoms with Crippen LogP contribution in [0.2, 0.25) is 0 Å². The maximum absolute atomic E-state index is 11.5. The molecule has 0 aromatic rings. The number of carboxylic acid groups (broad SMARTS) is 1. The molecule has 88 valence electrons. The highest BCUT2D eigenvalue weighted by Gasteiger charge is 2.23. The molecule has 2 unspecified atom stereocenters. The molecule has 1 amide bonds. The van der Waals surface area contributed by atoms with Gasteiger partial charge in [0.1, 0.15) is 11.0 Å². The molecular weight excluding hydrogens is 218 g/mol. The molecule has 0 bridgehead atoms. The summed E-state index contributed by atoms with van der Waals surface area (Å²) in [6, 6.07) is 0.0228. The van der Waals surface area contributed by atoms with E-state index in [0.29, 0.717) is 0 Å². The van der Waals surface area contributed by atoms with Crippen molar-refractivity contribution in [2.45, 2.75) is 32.1 Å². The molecule has 0 aliphatic rings. The van der Waals surface area contributed by atoms with E-state index >= 15 is 0 Å². The van der Waals surface area contributed by atoms with Crippen LogP contribution in [0.4, 0.5) is 0 Å². The lowest BCUT2D eigenvalue weighted by Gasteiger charge is -2.21. The second-order valence-electron chi connectivity index (χ2n) is 3.60. The van der Waals surface area contributed by atoms with Gasteiger partial charge in [-0.3, -0.25) is 13.8 Å². The number of carbonyl (C=O) groups is 2. The molecule has 0 fully saturated rings. The fourth-order valence-electron chi connectivity index (χ4n) is 0.749. The number of rotatable bonds is 5. The lowest BCUT2D eigenvalue weighted by molar-refractivity contribution is -0.136. The molecule has 0 spiro atoms. The van der Waals surface area contributed by atoms with Gasteiger partial charge >= 0.3 is 5.97 Å². The fourth-order valence-corrected chi connectivity index (χ4v) is 1.67. The molecule has 6 heteroatoms. The van der Waals surface area contributed by atoms with Crippen LogP contribution in [0.3, 0.4) is 0 Å². The Kier molecular flexibility index (Phi) is 5.49. The maximum atomic E-state index is 11.5. The Balaban J connectivity index is 4.31. The first kappa shape index (κ1) is 14.1. The SMILES string of the molecule is CC(C)N(C)C(=O)CS(=O)C(C)C(=O)O. The van der Waals surface area contributed by atoms with Gasteiger partial charge < -0.3 is 10.0 Å². The summed E-state index contributed by atoms with van der Waals surface area (Å²) in [5.41, 5.74) is 0. The Morgan fingerprint density at radius 3 is 2.13 bits per heavy atom. The molecule has 0 aliphatic heterocycles. The molecule has 15 heavy (non-hydrogen) atoms. The van der Waals surface area contributed by atoms with E-state index in [1.807, 2.05) is 13.8 Å². The Labute approximate surface area is 91.9 Å². The van der Waals surface area contributed by atoms with Crippen molar-refractivity contribution in [3.63, 3.8) is 0 Å². The number of aliphatic carboxylic acids is 1. The third kappa shape index (κ3) is 4.42. The summed E-state index contributed by atoms with van der Waals surface area (Å²) in [4.78, 5) is 23.4. The van der Waals surface area contributed by atoms with Crippen LogP contribution >= 0.6 is 0 Å². The maximum Gasteiger partial charge on any atom is 0.318 e. The van der Waals surface area contributed by atoms with Gasteiger partial charge in [0.25, 0.3) is 0 Å². The molecule has 0 aromatic carbocycles. The van der Waals surface area contributed by atoms with Gasteiger partial charge in [-0.2, -0.15) is 0 Å². The number of nitrogens with zero attached hydrogens (tertiary/aromatic N) is 1. The lowest BCUT2D eigenvalue weighted by Crippen LogP contribution is -2.38. The van der Waals surface area contributed by atoms with Crippen molar-refractivity contribution in [3.05, 3.63) is 0 Å². The van der Waals surface area contributed by atoms with E-state index in [2.05, 4.69) is 0 Å². The molecule has 0 radical (unpaired) electrons. The largest absolute Gasteiger partial charge is 0.480 e. The zero-order valence-electron chi connectivity index (χ0n) is 9.39. The van der Waals surface area contributed by atoms with Crippen LogP contribution in [-0.2, 0) is 20.4 Å². The Hall–Kier alpha value is -0.910. The third-order valence-electron chi connectivity index (χ3n) is 2.18. The van der Waals surface area contributed by atoms with Crippen LogP contribution in [0.25, 0.3) is 0 Å². The fraction of sp³-hybridized carbons (Fsp3) is 0.778. The standard InChI is InChI=1S/C9H17NO4S/c1-6(2)10(4)8(11)5-15(14)7(3)9(12)13/h6-7H,5H2,1-4H3,(H,12,13). The van der Waals surface area contributed by atoms with Crippen LogP contribution in [0.15, 0.2) is 0 Å².